The lowest BCUT2D eigenvalue weighted by Gasteiger charge is -2.20. The number of carbonyl (C=O) groups excluding carboxylic acids is 1. The molecule has 1 aliphatic rings. The zero-order valence-electron chi connectivity index (χ0n) is 13.5. The Morgan fingerprint density at radius 2 is 2.27 bits per heavy atom. The summed E-state index contributed by atoms with van der Waals surface area (Å²) in [5.74, 6) is 1.23. The van der Waals surface area contributed by atoms with E-state index in [1.54, 1.807) is 6.07 Å². The standard InChI is InChI=1S/C17H23N3O2/c1-12(2)19-8-7-13(11-19)9-16-18-10-14-5-4-6-15(20(14)16)17(21)22-3/h4-6,10,12-13H,7-9,11H2,1-3H3. The molecule has 0 saturated carbocycles. The van der Waals surface area contributed by atoms with E-state index < -0.39 is 0 Å². The number of pyridine rings is 1. The monoisotopic (exact) mass is 301 g/mol. The van der Waals surface area contributed by atoms with Crippen LogP contribution in [0.3, 0.4) is 0 Å². The molecule has 5 heteroatoms. The van der Waals surface area contributed by atoms with Crippen LogP contribution in [0.1, 0.15) is 36.6 Å². The van der Waals surface area contributed by atoms with Gasteiger partial charge in [0, 0.05) is 19.0 Å². The van der Waals surface area contributed by atoms with Gasteiger partial charge in [-0.15, -0.1) is 0 Å². The summed E-state index contributed by atoms with van der Waals surface area (Å²) in [6, 6.07) is 6.22. The number of nitrogens with zero attached hydrogens (tertiary/aromatic N) is 3. The molecule has 1 atom stereocenters. The molecule has 22 heavy (non-hydrogen) atoms. The molecule has 5 nitrogen and oxygen atoms in total. The predicted molar refractivity (Wildman–Crippen MR) is 85.1 cm³/mol. The van der Waals surface area contributed by atoms with Gasteiger partial charge < -0.3 is 9.64 Å². The number of carbonyl (C=O) groups is 1. The lowest BCUT2D eigenvalue weighted by Crippen LogP contribution is -2.28. The molecule has 3 heterocycles. The largest absolute Gasteiger partial charge is 0.464 e. The molecule has 2 aromatic rings. The second-order valence-corrected chi connectivity index (χ2v) is 6.28. The number of ether oxygens (including phenoxy) is 1. The van der Waals surface area contributed by atoms with E-state index in [1.807, 2.05) is 22.7 Å². The fourth-order valence-corrected chi connectivity index (χ4v) is 3.28. The van der Waals surface area contributed by atoms with Crippen LogP contribution in [-0.4, -0.2) is 46.5 Å². The SMILES string of the molecule is COC(=O)c1cccc2cnc(CC3CCN(C(C)C)C3)n12. The van der Waals surface area contributed by atoms with Crippen molar-refractivity contribution in [1.29, 1.82) is 0 Å². The fraction of sp³-hybridized carbons (Fsp3) is 0.529. The Balaban J connectivity index is 1.87. The molecule has 0 radical (unpaired) electrons. The Kier molecular flexibility index (Phi) is 4.16. The number of methoxy groups -OCH3 is 1. The van der Waals surface area contributed by atoms with E-state index in [0.29, 0.717) is 17.7 Å². The van der Waals surface area contributed by atoms with Gasteiger partial charge in [0.25, 0.3) is 0 Å². The smallest absolute Gasteiger partial charge is 0.355 e. The Labute approximate surface area is 130 Å². The van der Waals surface area contributed by atoms with Crippen LogP contribution in [0.5, 0.6) is 0 Å². The molecule has 1 fully saturated rings. The summed E-state index contributed by atoms with van der Waals surface area (Å²) in [6.07, 6.45) is 3.91. The van der Waals surface area contributed by atoms with E-state index in [9.17, 15) is 4.79 Å². The number of likely N-dealkylation sites (tertiary alicyclic amines) is 1. The topological polar surface area (TPSA) is 46.8 Å². The molecule has 0 amide bonds. The highest BCUT2D eigenvalue weighted by Crippen LogP contribution is 2.23. The Morgan fingerprint density at radius 1 is 1.45 bits per heavy atom. The number of rotatable bonds is 4. The van der Waals surface area contributed by atoms with E-state index in [4.69, 9.17) is 4.74 Å². The average molecular weight is 301 g/mol. The summed E-state index contributed by atoms with van der Waals surface area (Å²) < 4.78 is 6.83. The second-order valence-electron chi connectivity index (χ2n) is 6.28. The normalized spacial score (nSPS) is 19.2. The van der Waals surface area contributed by atoms with Crippen LogP contribution in [0.25, 0.3) is 5.52 Å². The van der Waals surface area contributed by atoms with Gasteiger partial charge in [0.2, 0.25) is 0 Å². The maximum Gasteiger partial charge on any atom is 0.355 e. The molecule has 2 aromatic heterocycles. The van der Waals surface area contributed by atoms with Crippen molar-refractivity contribution in [2.75, 3.05) is 20.2 Å². The lowest BCUT2D eigenvalue weighted by molar-refractivity contribution is 0.0592. The second kappa shape index (κ2) is 6.08. The van der Waals surface area contributed by atoms with Crippen LogP contribution in [0.4, 0.5) is 0 Å². The Morgan fingerprint density at radius 3 is 2.95 bits per heavy atom. The zero-order chi connectivity index (χ0) is 15.7. The van der Waals surface area contributed by atoms with Crippen LogP contribution in [0, 0.1) is 5.92 Å². The van der Waals surface area contributed by atoms with Crippen molar-refractivity contribution in [3.05, 3.63) is 35.9 Å². The van der Waals surface area contributed by atoms with Crippen LogP contribution in [0.2, 0.25) is 0 Å². The first-order chi connectivity index (χ1) is 10.6. The maximum absolute atomic E-state index is 12.0. The molecule has 0 aromatic carbocycles. The van der Waals surface area contributed by atoms with Gasteiger partial charge in [-0.1, -0.05) is 6.07 Å². The van der Waals surface area contributed by atoms with Gasteiger partial charge in [-0.05, 0) is 44.9 Å². The van der Waals surface area contributed by atoms with Gasteiger partial charge in [0.05, 0.1) is 18.8 Å². The van der Waals surface area contributed by atoms with Crippen LogP contribution in [0.15, 0.2) is 24.4 Å². The minimum Gasteiger partial charge on any atom is -0.464 e. The number of hydrogen-bond donors (Lipinski definition) is 0. The van der Waals surface area contributed by atoms with Crippen molar-refractivity contribution in [3.8, 4) is 0 Å². The molecule has 1 unspecified atom stereocenters. The van der Waals surface area contributed by atoms with E-state index in [2.05, 4.69) is 23.7 Å². The average Bonchev–Trinajstić information content (AvgIpc) is 3.14. The van der Waals surface area contributed by atoms with Crippen molar-refractivity contribution in [3.63, 3.8) is 0 Å². The first-order valence-electron chi connectivity index (χ1n) is 7.88. The third-order valence-electron chi connectivity index (χ3n) is 4.54. The number of aromatic nitrogens is 2. The van der Waals surface area contributed by atoms with Crippen LogP contribution in [-0.2, 0) is 11.2 Å². The number of esters is 1. The van der Waals surface area contributed by atoms with E-state index >= 15 is 0 Å². The van der Waals surface area contributed by atoms with Crippen molar-refractivity contribution in [2.45, 2.75) is 32.7 Å². The summed E-state index contributed by atoms with van der Waals surface area (Å²) in [5, 5.41) is 0. The Hall–Kier alpha value is -1.88. The minimum atomic E-state index is -0.319. The number of imidazole rings is 1. The molecule has 1 saturated heterocycles. The molecule has 3 rings (SSSR count). The molecule has 0 bridgehead atoms. The quantitative estimate of drug-likeness (QED) is 0.814. The Bertz CT molecular complexity index is 678. The third kappa shape index (κ3) is 2.73. The van der Waals surface area contributed by atoms with Crippen molar-refractivity contribution < 1.29 is 9.53 Å². The highest BCUT2D eigenvalue weighted by molar-refractivity contribution is 5.88. The molecule has 118 valence electrons. The van der Waals surface area contributed by atoms with Crippen LogP contribution >= 0.6 is 0 Å². The molecule has 0 aliphatic carbocycles. The summed E-state index contributed by atoms with van der Waals surface area (Å²) in [4.78, 5) is 19.0. The van der Waals surface area contributed by atoms with Gasteiger partial charge in [-0.25, -0.2) is 9.78 Å². The zero-order valence-corrected chi connectivity index (χ0v) is 13.5. The predicted octanol–water partition coefficient (Wildman–Crippen LogP) is 2.39. The summed E-state index contributed by atoms with van der Waals surface area (Å²) in [5.41, 5.74) is 1.49. The molecular weight excluding hydrogens is 278 g/mol. The molecule has 0 spiro atoms. The van der Waals surface area contributed by atoms with Gasteiger partial charge in [0.1, 0.15) is 11.5 Å². The van der Waals surface area contributed by atoms with E-state index in [0.717, 1.165) is 30.9 Å². The van der Waals surface area contributed by atoms with Gasteiger partial charge in [-0.3, -0.25) is 4.40 Å². The highest BCUT2D eigenvalue weighted by Gasteiger charge is 2.26. The summed E-state index contributed by atoms with van der Waals surface area (Å²) in [6.45, 7) is 6.73. The van der Waals surface area contributed by atoms with Crippen molar-refractivity contribution >= 4 is 11.5 Å². The van der Waals surface area contributed by atoms with Gasteiger partial charge in [-0.2, -0.15) is 0 Å². The van der Waals surface area contributed by atoms with Crippen LogP contribution < -0.4 is 0 Å². The summed E-state index contributed by atoms with van der Waals surface area (Å²) >= 11 is 0. The van der Waals surface area contributed by atoms with E-state index in [1.165, 1.54) is 13.5 Å². The number of fused-ring (bicyclic) bond motifs is 1. The van der Waals surface area contributed by atoms with Crippen molar-refractivity contribution in [2.24, 2.45) is 5.92 Å². The van der Waals surface area contributed by atoms with E-state index in [-0.39, 0.29) is 5.97 Å². The first-order valence-corrected chi connectivity index (χ1v) is 7.88. The molecular formula is C17H23N3O2. The first kappa shape index (κ1) is 15.0. The molecule has 0 N–H and O–H groups in total. The minimum absolute atomic E-state index is 0.319. The highest BCUT2D eigenvalue weighted by atomic mass is 16.5. The lowest BCUT2D eigenvalue weighted by atomic mass is 10.0. The summed E-state index contributed by atoms with van der Waals surface area (Å²) in [7, 11) is 1.41. The van der Waals surface area contributed by atoms with Gasteiger partial charge >= 0.3 is 5.97 Å². The number of hydrogen-bond acceptors (Lipinski definition) is 4. The van der Waals surface area contributed by atoms with Gasteiger partial charge in [0.15, 0.2) is 0 Å². The molecule has 1 aliphatic heterocycles. The third-order valence-corrected chi connectivity index (χ3v) is 4.54. The fourth-order valence-electron chi connectivity index (χ4n) is 3.28. The maximum atomic E-state index is 12.0. The van der Waals surface area contributed by atoms with Crippen molar-refractivity contribution in [1.82, 2.24) is 14.3 Å².